The molecule has 0 saturated carbocycles. The molecular weight excluding hydrogens is 520 g/mol. The van der Waals surface area contributed by atoms with Crippen molar-refractivity contribution < 1.29 is 14.4 Å². The summed E-state index contributed by atoms with van der Waals surface area (Å²) >= 11 is 6.34. The first-order valence-electron chi connectivity index (χ1n) is 11.8. The molecule has 10 heteroatoms. The summed E-state index contributed by atoms with van der Waals surface area (Å²) in [6.45, 7) is 0.0211. The van der Waals surface area contributed by atoms with Crippen molar-refractivity contribution in [2.75, 3.05) is 7.11 Å². The summed E-state index contributed by atoms with van der Waals surface area (Å²) in [5.41, 5.74) is 1.90. The van der Waals surface area contributed by atoms with E-state index in [0.29, 0.717) is 49.9 Å². The highest BCUT2D eigenvalue weighted by molar-refractivity contribution is 6.31. The monoisotopic (exact) mass is 540 g/mol. The minimum Gasteiger partial charge on any atom is -0.493 e. The quantitative estimate of drug-likeness (QED) is 0.134. The van der Waals surface area contributed by atoms with Gasteiger partial charge >= 0.3 is 0 Å². The Morgan fingerprint density at radius 2 is 1.79 bits per heavy atom. The van der Waals surface area contributed by atoms with Crippen LogP contribution in [0.1, 0.15) is 11.1 Å². The van der Waals surface area contributed by atoms with E-state index >= 15 is 0 Å². The lowest BCUT2D eigenvalue weighted by Gasteiger charge is -2.14. The molecule has 0 fully saturated rings. The van der Waals surface area contributed by atoms with Crippen molar-refractivity contribution in [3.63, 3.8) is 0 Å². The van der Waals surface area contributed by atoms with Crippen molar-refractivity contribution in [3.05, 3.63) is 128 Å². The maximum Gasteiger partial charge on any atom is 0.282 e. The van der Waals surface area contributed by atoms with Crippen LogP contribution in [0.5, 0.6) is 11.5 Å². The van der Waals surface area contributed by atoms with Gasteiger partial charge in [-0.1, -0.05) is 66.2 Å². The number of nitro benzene ring substituents is 1. The number of ether oxygens (including phenoxy) is 2. The van der Waals surface area contributed by atoms with E-state index in [1.54, 1.807) is 42.5 Å². The standard InChI is InChI=1S/C29H21ClN4O5/c1-38-26-16-22(30)15-21(27(26)39-18-19-8-7-11-23(14-19)34(36)37)17-31-33-28(20-9-3-2-4-10-20)32-25-13-6-5-12-24(25)29(33)35/h2-17H,18H2,1H3. The predicted octanol–water partition coefficient (Wildman–Crippen LogP) is 6.09. The van der Waals surface area contributed by atoms with Gasteiger partial charge in [0.05, 0.1) is 29.2 Å². The van der Waals surface area contributed by atoms with Crippen molar-refractivity contribution in [1.29, 1.82) is 0 Å². The number of non-ortho nitro benzene ring substituents is 1. The maximum atomic E-state index is 13.5. The van der Waals surface area contributed by atoms with Gasteiger partial charge in [0, 0.05) is 34.3 Å². The van der Waals surface area contributed by atoms with Crippen LogP contribution >= 0.6 is 11.6 Å². The molecule has 1 heterocycles. The smallest absolute Gasteiger partial charge is 0.282 e. The molecule has 5 rings (SSSR count). The highest BCUT2D eigenvalue weighted by Crippen LogP contribution is 2.35. The van der Waals surface area contributed by atoms with Crippen LogP contribution in [0.3, 0.4) is 0 Å². The summed E-state index contributed by atoms with van der Waals surface area (Å²) in [6.07, 6.45) is 1.45. The summed E-state index contributed by atoms with van der Waals surface area (Å²) in [4.78, 5) is 28.9. The van der Waals surface area contributed by atoms with E-state index in [1.165, 1.54) is 30.1 Å². The van der Waals surface area contributed by atoms with Crippen LogP contribution in [0.25, 0.3) is 22.3 Å². The van der Waals surface area contributed by atoms with Gasteiger partial charge in [-0.25, -0.2) is 4.98 Å². The Bertz CT molecular complexity index is 1770. The molecule has 194 valence electrons. The molecule has 39 heavy (non-hydrogen) atoms. The van der Waals surface area contributed by atoms with Gasteiger partial charge in [-0.15, -0.1) is 0 Å². The Labute approximate surface area is 227 Å². The molecule has 4 aromatic carbocycles. The van der Waals surface area contributed by atoms with E-state index in [2.05, 4.69) is 5.10 Å². The highest BCUT2D eigenvalue weighted by Gasteiger charge is 2.16. The Hall–Kier alpha value is -5.02. The van der Waals surface area contributed by atoms with Gasteiger partial charge in [0.25, 0.3) is 11.2 Å². The van der Waals surface area contributed by atoms with Crippen LogP contribution in [-0.4, -0.2) is 27.9 Å². The molecule has 0 spiro atoms. The molecule has 0 aliphatic heterocycles. The van der Waals surface area contributed by atoms with Crippen molar-refractivity contribution >= 4 is 34.4 Å². The second-order valence-electron chi connectivity index (χ2n) is 8.42. The van der Waals surface area contributed by atoms with Crippen LogP contribution in [0.15, 0.2) is 101 Å². The van der Waals surface area contributed by atoms with Crippen molar-refractivity contribution in [2.45, 2.75) is 6.61 Å². The third kappa shape index (κ3) is 5.48. The zero-order valence-corrected chi connectivity index (χ0v) is 21.4. The van der Waals surface area contributed by atoms with E-state index < -0.39 is 4.92 Å². The lowest BCUT2D eigenvalue weighted by Crippen LogP contribution is -2.20. The molecular formula is C29H21ClN4O5. The van der Waals surface area contributed by atoms with Gasteiger partial charge in [0.1, 0.15) is 6.61 Å². The fourth-order valence-electron chi connectivity index (χ4n) is 4.03. The Morgan fingerprint density at radius 1 is 1.03 bits per heavy atom. The van der Waals surface area contributed by atoms with E-state index in [4.69, 9.17) is 26.1 Å². The first-order valence-corrected chi connectivity index (χ1v) is 12.2. The SMILES string of the molecule is COc1cc(Cl)cc(C=Nn2c(-c3ccccc3)nc3ccccc3c2=O)c1OCc1cccc([N+](=O)[O-])c1. The summed E-state index contributed by atoms with van der Waals surface area (Å²) in [7, 11) is 1.47. The number of fused-ring (bicyclic) bond motifs is 1. The molecule has 9 nitrogen and oxygen atoms in total. The fraction of sp³-hybridized carbons (Fsp3) is 0.0690. The third-order valence-electron chi connectivity index (χ3n) is 5.87. The number of hydrogen-bond acceptors (Lipinski definition) is 7. The number of benzene rings is 4. The van der Waals surface area contributed by atoms with Gasteiger partial charge in [0.2, 0.25) is 0 Å². The van der Waals surface area contributed by atoms with Gasteiger partial charge in [-0.2, -0.15) is 9.78 Å². The molecule has 5 aromatic rings. The predicted molar refractivity (Wildman–Crippen MR) is 150 cm³/mol. The number of rotatable bonds is 8. The zero-order chi connectivity index (χ0) is 27.4. The van der Waals surface area contributed by atoms with Gasteiger partial charge in [-0.3, -0.25) is 14.9 Å². The molecule has 0 saturated heterocycles. The lowest BCUT2D eigenvalue weighted by molar-refractivity contribution is -0.384. The van der Waals surface area contributed by atoms with Crippen molar-refractivity contribution in [2.24, 2.45) is 5.10 Å². The second kappa shape index (κ2) is 11.2. The van der Waals surface area contributed by atoms with Gasteiger partial charge in [0.15, 0.2) is 17.3 Å². The first kappa shape index (κ1) is 25.6. The van der Waals surface area contributed by atoms with E-state index in [-0.39, 0.29) is 17.9 Å². The number of nitro groups is 1. The average Bonchev–Trinajstić information content (AvgIpc) is 2.96. The molecule has 0 unspecified atom stereocenters. The molecule has 0 bridgehead atoms. The number of para-hydroxylation sites is 1. The molecule has 0 N–H and O–H groups in total. The lowest BCUT2D eigenvalue weighted by atomic mass is 10.2. The number of methoxy groups -OCH3 is 1. The summed E-state index contributed by atoms with van der Waals surface area (Å²) in [5, 5.41) is 16.4. The summed E-state index contributed by atoms with van der Waals surface area (Å²) < 4.78 is 12.8. The van der Waals surface area contributed by atoms with Crippen LogP contribution in [0, 0.1) is 10.1 Å². The fourth-order valence-corrected chi connectivity index (χ4v) is 4.25. The molecule has 0 aliphatic rings. The van der Waals surface area contributed by atoms with Gasteiger partial charge < -0.3 is 9.47 Å². The minimum absolute atomic E-state index is 0.0211. The van der Waals surface area contributed by atoms with E-state index in [1.807, 2.05) is 36.4 Å². The van der Waals surface area contributed by atoms with E-state index in [9.17, 15) is 14.9 Å². The van der Waals surface area contributed by atoms with Crippen molar-refractivity contribution in [3.8, 4) is 22.9 Å². The number of aromatic nitrogens is 2. The Morgan fingerprint density at radius 3 is 2.56 bits per heavy atom. The number of halogens is 1. The zero-order valence-electron chi connectivity index (χ0n) is 20.7. The topological polar surface area (TPSA) is 109 Å². The number of nitrogens with zero attached hydrogens (tertiary/aromatic N) is 4. The van der Waals surface area contributed by atoms with Crippen LogP contribution in [0.4, 0.5) is 5.69 Å². The summed E-state index contributed by atoms with van der Waals surface area (Å²) in [5.74, 6) is 1.01. The minimum atomic E-state index is -0.468. The molecule has 1 aromatic heterocycles. The highest BCUT2D eigenvalue weighted by atomic mass is 35.5. The first-order chi connectivity index (χ1) is 18.9. The summed E-state index contributed by atoms with van der Waals surface area (Å²) in [6, 6.07) is 25.7. The molecule has 0 amide bonds. The Kier molecular flexibility index (Phi) is 7.33. The van der Waals surface area contributed by atoms with E-state index in [0.717, 1.165) is 0 Å². The third-order valence-corrected chi connectivity index (χ3v) is 6.09. The maximum absolute atomic E-state index is 13.5. The van der Waals surface area contributed by atoms with Crippen LogP contribution in [-0.2, 0) is 6.61 Å². The number of hydrogen-bond donors (Lipinski definition) is 0. The van der Waals surface area contributed by atoms with Crippen LogP contribution in [0.2, 0.25) is 5.02 Å². The Balaban J connectivity index is 1.59. The largest absolute Gasteiger partial charge is 0.493 e. The molecule has 0 aliphatic carbocycles. The molecule has 0 atom stereocenters. The van der Waals surface area contributed by atoms with Gasteiger partial charge in [-0.05, 0) is 23.8 Å². The molecule has 0 radical (unpaired) electrons. The average molecular weight is 541 g/mol. The van der Waals surface area contributed by atoms with Crippen molar-refractivity contribution in [1.82, 2.24) is 9.66 Å². The second-order valence-corrected chi connectivity index (χ2v) is 8.86. The van der Waals surface area contributed by atoms with Crippen LogP contribution < -0.4 is 15.0 Å². The normalized spacial score (nSPS) is 11.1.